The van der Waals surface area contributed by atoms with Crippen LogP contribution in [-0.4, -0.2) is 27.5 Å². The van der Waals surface area contributed by atoms with Gasteiger partial charge in [-0.2, -0.15) is 0 Å². The van der Waals surface area contributed by atoms with Gasteiger partial charge in [0.1, 0.15) is 5.82 Å². The number of aromatic nitrogens is 2. The van der Waals surface area contributed by atoms with Gasteiger partial charge < -0.3 is 4.57 Å². The van der Waals surface area contributed by atoms with Gasteiger partial charge in [0.05, 0.1) is 0 Å². The summed E-state index contributed by atoms with van der Waals surface area (Å²) in [6.07, 6.45) is 6.58. The van der Waals surface area contributed by atoms with Crippen LogP contribution in [0.15, 0.2) is 54.9 Å². The van der Waals surface area contributed by atoms with Crippen molar-refractivity contribution in [1.82, 2.24) is 14.5 Å². The van der Waals surface area contributed by atoms with Crippen LogP contribution in [0.25, 0.3) is 10.8 Å². The molecule has 3 nitrogen and oxygen atoms in total. The molecule has 2 aromatic carbocycles. The fraction of sp³-hybridized carbons (Fsp3) is 0.381. The van der Waals surface area contributed by atoms with Crippen molar-refractivity contribution >= 4 is 10.8 Å². The first-order valence-corrected chi connectivity index (χ1v) is 8.96. The number of hydrogen-bond acceptors (Lipinski definition) is 2. The molecule has 4 rings (SSSR count). The van der Waals surface area contributed by atoms with Crippen LogP contribution in [-0.2, 0) is 13.1 Å². The molecule has 0 radical (unpaired) electrons. The summed E-state index contributed by atoms with van der Waals surface area (Å²) in [6.45, 7) is 6.67. The average molecular weight is 319 g/mol. The monoisotopic (exact) mass is 319 g/mol. The zero-order chi connectivity index (χ0) is 16.4. The van der Waals surface area contributed by atoms with Crippen LogP contribution < -0.4 is 0 Å². The van der Waals surface area contributed by atoms with Crippen molar-refractivity contribution in [3.8, 4) is 0 Å². The third kappa shape index (κ3) is 3.22. The molecule has 2 heterocycles. The van der Waals surface area contributed by atoms with E-state index in [-0.39, 0.29) is 0 Å². The van der Waals surface area contributed by atoms with Gasteiger partial charge in [0, 0.05) is 25.5 Å². The molecule has 0 unspecified atom stereocenters. The minimum atomic E-state index is 0.779. The summed E-state index contributed by atoms with van der Waals surface area (Å²) in [5, 5.41) is 2.75. The Labute approximate surface area is 143 Å². The second-order valence-electron chi connectivity index (χ2n) is 6.98. The van der Waals surface area contributed by atoms with Crippen LogP contribution in [0.3, 0.4) is 0 Å². The van der Waals surface area contributed by atoms with Crippen molar-refractivity contribution in [2.45, 2.75) is 32.9 Å². The Morgan fingerprint density at radius 1 is 1.04 bits per heavy atom. The number of imidazole rings is 1. The fourth-order valence-electron chi connectivity index (χ4n) is 3.87. The molecular weight excluding hydrogens is 294 g/mol. The lowest BCUT2D eigenvalue weighted by atomic mass is 9.95. The second kappa shape index (κ2) is 6.78. The maximum absolute atomic E-state index is 4.33. The van der Waals surface area contributed by atoms with E-state index < -0.39 is 0 Å². The molecule has 0 saturated carbocycles. The lowest BCUT2D eigenvalue weighted by Gasteiger charge is -2.32. The van der Waals surface area contributed by atoms with Gasteiger partial charge in [-0.05, 0) is 55.1 Å². The molecular formula is C21H25N3. The van der Waals surface area contributed by atoms with Gasteiger partial charge in [-0.3, -0.25) is 4.90 Å². The molecule has 0 atom stereocenters. The molecule has 24 heavy (non-hydrogen) atoms. The van der Waals surface area contributed by atoms with E-state index in [2.05, 4.69) is 70.0 Å². The third-order valence-electron chi connectivity index (χ3n) is 5.36. The van der Waals surface area contributed by atoms with E-state index in [0.29, 0.717) is 0 Å². The normalized spacial score (nSPS) is 16.7. The number of rotatable bonds is 4. The summed E-state index contributed by atoms with van der Waals surface area (Å²) in [4.78, 5) is 6.94. The number of piperidine rings is 1. The summed E-state index contributed by atoms with van der Waals surface area (Å²) in [5.41, 5.74) is 1.46. The molecule has 1 aromatic heterocycles. The Morgan fingerprint density at radius 2 is 1.83 bits per heavy atom. The fourth-order valence-corrected chi connectivity index (χ4v) is 3.87. The van der Waals surface area contributed by atoms with Gasteiger partial charge in [-0.25, -0.2) is 4.98 Å². The van der Waals surface area contributed by atoms with E-state index in [0.717, 1.165) is 24.8 Å². The molecule has 124 valence electrons. The second-order valence-corrected chi connectivity index (χ2v) is 6.98. The van der Waals surface area contributed by atoms with Gasteiger partial charge in [-0.15, -0.1) is 0 Å². The number of hydrogen-bond donors (Lipinski definition) is 0. The molecule has 0 N–H and O–H groups in total. The lowest BCUT2D eigenvalue weighted by molar-refractivity contribution is 0.167. The topological polar surface area (TPSA) is 21.1 Å². The van der Waals surface area contributed by atoms with E-state index in [1.807, 2.05) is 6.20 Å². The molecule has 0 spiro atoms. The molecule has 3 heteroatoms. The van der Waals surface area contributed by atoms with Gasteiger partial charge in [0.2, 0.25) is 0 Å². The highest BCUT2D eigenvalue weighted by atomic mass is 15.1. The quantitative estimate of drug-likeness (QED) is 0.716. The first kappa shape index (κ1) is 15.4. The Hall–Kier alpha value is -2.13. The first-order valence-electron chi connectivity index (χ1n) is 8.96. The molecule has 0 bridgehead atoms. The zero-order valence-corrected chi connectivity index (χ0v) is 14.4. The number of nitrogens with zero attached hydrogens (tertiary/aromatic N) is 3. The highest BCUT2D eigenvalue weighted by Gasteiger charge is 2.20. The van der Waals surface area contributed by atoms with Crippen molar-refractivity contribution in [3.63, 3.8) is 0 Å². The molecule has 1 aliphatic heterocycles. The summed E-state index contributed by atoms with van der Waals surface area (Å²) in [7, 11) is 0. The van der Waals surface area contributed by atoms with Crippen LogP contribution in [0.5, 0.6) is 0 Å². The van der Waals surface area contributed by atoms with Crippen LogP contribution in [0.1, 0.15) is 24.2 Å². The molecule has 3 aromatic rings. The number of fused-ring (bicyclic) bond motifs is 1. The molecule has 1 fully saturated rings. The standard InChI is InChI=1S/C21H25N3/c1-17-22-11-14-24(17)15-18-9-12-23(13-10-18)16-20-7-4-6-19-5-2-3-8-21(19)20/h2-8,11,14,18H,9-10,12-13,15-16H2,1H3. The van der Waals surface area contributed by atoms with E-state index >= 15 is 0 Å². The Kier molecular flexibility index (Phi) is 4.35. The molecule has 1 aliphatic rings. The summed E-state index contributed by atoms with van der Waals surface area (Å²) in [6, 6.07) is 15.4. The summed E-state index contributed by atoms with van der Waals surface area (Å²) >= 11 is 0. The third-order valence-corrected chi connectivity index (χ3v) is 5.36. The Balaban J connectivity index is 1.38. The predicted octanol–water partition coefficient (Wildman–Crippen LogP) is 4.26. The molecule has 0 amide bonds. The van der Waals surface area contributed by atoms with Gasteiger partial charge in [0.25, 0.3) is 0 Å². The number of likely N-dealkylation sites (tertiary alicyclic amines) is 1. The zero-order valence-electron chi connectivity index (χ0n) is 14.4. The highest BCUT2D eigenvalue weighted by Crippen LogP contribution is 2.24. The van der Waals surface area contributed by atoms with Crippen molar-refractivity contribution in [2.75, 3.05) is 13.1 Å². The first-order chi connectivity index (χ1) is 11.8. The van der Waals surface area contributed by atoms with Crippen LogP contribution in [0.4, 0.5) is 0 Å². The smallest absolute Gasteiger partial charge is 0.105 e. The van der Waals surface area contributed by atoms with Gasteiger partial charge in [0.15, 0.2) is 0 Å². The highest BCUT2D eigenvalue weighted by molar-refractivity contribution is 5.85. The molecule has 1 saturated heterocycles. The minimum Gasteiger partial charge on any atom is -0.335 e. The Bertz CT molecular complexity index is 807. The average Bonchev–Trinajstić information content (AvgIpc) is 3.02. The van der Waals surface area contributed by atoms with Crippen molar-refractivity contribution in [1.29, 1.82) is 0 Å². The van der Waals surface area contributed by atoms with E-state index in [1.165, 1.54) is 42.3 Å². The SMILES string of the molecule is Cc1nccn1CC1CCN(Cc2cccc3ccccc23)CC1. The van der Waals surface area contributed by atoms with E-state index in [1.54, 1.807) is 0 Å². The lowest BCUT2D eigenvalue weighted by Crippen LogP contribution is -2.34. The van der Waals surface area contributed by atoms with Gasteiger partial charge >= 0.3 is 0 Å². The maximum Gasteiger partial charge on any atom is 0.105 e. The number of benzene rings is 2. The largest absolute Gasteiger partial charge is 0.335 e. The summed E-state index contributed by atoms with van der Waals surface area (Å²) < 4.78 is 2.30. The maximum atomic E-state index is 4.33. The van der Waals surface area contributed by atoms with Crippen LogP contribution in [0.2, 0.25) is 0 Å². The van der Waals surface area contributed by atoms with Crippen molar-refractivity contribution in [3.05, 3.63) is 66.2 Å². The summed E-state index contributed by atoms with van der Waals surface area (Å²) in [5.74, 6) is 1.91. The van der Waals surface area contributed by atoms with Crippen molar-refractivity contribution in [2.24, 2.45) is 5.92 Å². The van der Waals surface area contributed by atoms with E-state index in [9.17, 15) is 0 Å². The van der Waals surface area contributed by atoms with Crippen LogP contribution in [0, 0.1) is 12.8 Å². The van der Waals surface area contributed by atoms with Gasteiger partial charge in [-0.1, -0.05) is 42.5 Å². The predicted molar refractivity (Wildman–Crippen MR) is 98.9 cm³/mol. The van der Waals surface area contributed by atoms with Crippen molar-refractivity contribution < 1.29 is 0 Å². The number of aryl methyl sites for hydroxylation is 1. The van der Waals surface area contributed by atoms with E-state index in [4.69, 9.17) is 0 Å². The Morgan fingerprint density at radius 3 is 2.62 bits per heavy atom. The molecule has 0 aliphatic carbocycles. The minimum absolute atomic E-state index is 0.779. The van der Waals surface area contributed by atoms with Crippen LogP contribution >= 0.6 is 0 Å².